The van der Waals surface area contributed by atoms with E-state index in [4.69, 9.17) is 8.85 Å². The Hall–Kier alpha value is 0.354. The van der Waals surface area contributed by atoms with E-state index in [-0.39, 0.29) is 0 Å². The van der Waals surface area contributed by atoms with E-state index in [1.54, 1.807) is 0 Å². The summed E-state index contributed by atoms with van der Waals surface area (Å²) >= 11 is 0. The average Bonchev–Trinajstić information content (AvgIpc) is 2.13. The van der Waals surface area contributed by atoms with E-state index in [9.17, 15) is 0 Å². The minimum absolute atomic E-state index is 0.821. The smallest absolute Gasteiger partial charge is 0.175 e. The molecule has 0 rings (SSSR count). The second-order valence-corrected chi connectivity index (χ2v) is 9.33. The fraction of sp³-hybridized carbons (Fsp3) is 1.00. The van der Waals surface area contributed by atoms with Crippen LogP contribution in [0.5, 0.6) is 0 Å². The maximum atomic E-state index is 5.44. The third kappa shape index (κ3) is 5.08. The second kappa shape index (κ2) is 7.98. The molecule has 0 bridgehead atoms. The molecule has 0 N–H and O–H groups in total. The molecule has 0 aromatic heterocycles. The van der Waals surface area contributed by atoms with Crippen molar-refractivity contribution in [3.8, 4) is 0 Å². The first-order chi connectivity index (χ1) is 5.78. The van der Waals surface area contributed by atoms with Gasteiger partial charge in [0, 0.05) is 14.2 Å². The molecule has 0 spiro atoms. The molecule has 0 aromatic rings. The standard InChI is InChI=1S/C8H22O2Si2/c1-5-11(9-3)7-8-12(6-2)10-4/h11-12H,5-8H2,1-4H3. The van der Waals surface area contributed by atoms with E-state index < -0.39 is 18.1 Å². The second-order valence-electron chi connectivity index (χ2n) is 3.11. The average molecular weight is 206 g/mol. The van der Waals surface area contributed by atoms with Gasteiger partial charge in [-0.2, -0.15) is 0 Å². The van der Waals surface area contributed by atoms with Gasteiger partial charge in [-0.1, -0.05) is 13.8 Å². The molecule has 2 atom stereocenters. The number of rotatable bonds is 7. The highest BCUT2D eigenvalue weighted by atomic mass is 28.3. The molecular weight excluding hydrogens is 184 g/mol. The van der Waals surface area contributed by atoms with Gasteiger partial charge >= 0.3 is 0 Å². The van der Waals surface area contributed by atoms with Crippen LogP contribution in [0.4, 0.5) is 0 Å². The van der Waals surface area contributed by atoms with Crippen molar-refractivity contribution in [2.45, 2.75) is 38.0 Å². The maximum Gasteiger partial charge on any atom is 0.175 e. The van der Waals surface area contributed by atoms with Crippen molar-refractivity contribution in [2.24, 2.45) is 0 Å². The topological polar surface area (TPSA) is 18.5 Å². The molecular formula is C8H22O2Si2. The van der Waals surface area contributed by atoms with Crippen LogP contribution in [-0.4, -0.2) is 32.3 Å². The van der Waals surface area contributed by atoms with E-state index >= 15 is 0 Å². The van der Waals surface area contributed by atoms with Crippen LogP contribution in [0.1, 0.15) is 13.8 Å². The lowest BCUT2D eigenvalue weighted by Crippen LogP contribution is -2.20. The van der Waals surface area contributed by atoms with Gasteiger partial charge in [-0.3, -0.25) is 0 Å². The molecule has 0 aliphatic heterocycles. The summed E-state index contributed by atoms with van der Waals surface area (Å²) < 4.78 is 10.9. The van der Waals surface area contributed by atoms with Crippen molar-refractivity contribution < 1.29 is 8.85 Å². The molecule has 2 unspecified atom stereocenters. The van der Waals surface area contributed by atoms with Gasteiger partial charge in [-0.05, 0) is 24.2 Å². The molecule has 0 saturated carbocycles. The molecule has 0 aromatic carbocycles. The van der Waals surface area contributed by atoms with Crippen LogP contribution in [0.2, 0.25) is 24.2 Å². The van der Waals surface area contributed by atoms with Gasteiger partial charge in [0.15, 0.2) is 18.1 Å². The van der Waals surface area contributed by atoms with Gasteiger partial charge < -0.3 is 8.85 Å². The Morgan fingerprint density at radius 1 is 0.833 bits per heavy atom. The highest BCUT2D eigenvalue weighted by Crippen LogP contribution is 2.09. The van der Waals surface area contributed by atoms with Crippen molar-refractivity contribution >= 4 is 18.1 Å². The van der Waals surface area contributed by atoms with Crippen LogP contribution >= 0.6 is 0 Å². The predicted molar refractivity (Wildman–Crippen MR) is 58.9 cm³/mol. The van der Waals surface area contributed by atoms with Gasteiger partial charge in [0.05, 0.1) is 0 Å². The Morgan fingerprint density at radius 3 is 1.33 bits per heavy atom. The van der Waals surface area contributed by atoms with E-state index in [1.165, 1.54) is 24.2 Å². The molecule has 0 aliphatic rings. The Balaban J connectivity index is 3.49. The molecule has 0 saturated heterocycles. The summed E-state index contributed by atoms with van der Waals surface area (Å²) in [5, 5.41) is 0. The minimum atomic E-state index is -0.821. The van der Waals surface area contributed by atoms with Crippen LogP contribution in [0, 0.1) is 0 Å². The number of hydrogen-bond acceptors (Lipinski definition) is 2. The molecule has 12 heavy (non-hydrogen) atoms. The SMILES string of the molecule is CC[SiH](CC[SiH](CC)OC)OC. The van der Waals surface area contributed by atoms with Gasteiger partial charge in [0.1, 0.15) is 0 Å². The lowest BCUT2D eigenvalue weighted by atomic mass is 10.9. The zero-order valence-electron chi connectivity index (χ0n) is 8.80. The van der Waals surface area contributed by atoms with Crippen molar-refractivity contribution in [2.75, 3.05) is 14.2 Å². The van der Waals surface area contributed by atoms with Crippen LogP contribution in [0.3, 0.4) is 0 Å². The molecule has 0 fully saturated rings. The Kier molecular flexibility index (Phi) is 8.21. The van der Waals surface area contributed by atoms with Crippen LogP contribution < -0.4 is 0 Å². The molecule has 0 aliphatic carbocycles. The lowest BCUT2D eigenvalue weighted by molar-refractivity contribution is 0.409. The fourth-order valence-corrected chi connectivity index (χ4v) is 6.28. The molecule has 74 valence electrons. The van der Waals surface area contributed by atoms with Gasteiger partial charge in [-0.15, -0.1) is 0 Å². The Morgan fingerprint density at radius 2 is 1.17 bits per heavy atom. The highest BCUT2D eigenvalue weighted by molar-refractivity contribution is 6.57. The van der Waals surface area contributed by atoms with E-state index in [0.29, 0.717) is 0 Å². The zero-order chi connectivity index (χ0) is 9.40. The summed E-state index contributed by atoms with van der Waals surface area (Å²) in [6.45, 7) is 4.46. The summed E-state index contributed by atoms with van der Waals surface area (Å²) in [6, 6.07) is 5.13. The predicted octanol–water partition coefficient (Wildman–Crippen LogP) is 1.77. The zero-order valence-corrected chi connectivity index (χ0v) is 11.1. The van der Waals surface area contributed by atoms with E-state index in [1.807, 2.05) is 14.2 Å². The maximum absolute atomic E-state index is 5.44. The molecule has 2 nitrogen and oxygen atoms in total. The van der Waals surface area contributed by atoms with Crippen LogP contribution in [0.15, 0.2) is 0 Å². The van der Waals surface area contributed by atoms with Crippen molar-refractivity contribution in [3.05, 3.63) is 0 Å². The normalized spacial score (nSPS) is 16.0. The third-order valence-corrected chi connectivity index (χ3v) is 8.16. The lowest BCUT2D eigenvalue weighted by Gasteiger charge is -2.14. The van der Waals surface area contributed by atoms with E-state index in [0.717, 1.165) is 0 Å². The monoisotopic (exact) mass is 206 g/mol. The van der Waals surface area contributed by atoms with E-state index in [2.05, 4.69) is 13.8 Å². The number of hydrogen-bond donors (Lipinski definition) is 0. The quantitative estimate of drug-likeness (QED) is 0.591. The highest BCUT2D eigenvalue weighted by Gasteiger charge is 2.12. The van der Waals surface area contributed by atoms with Gasteiger partial charge in [0.2, 0.25) is 0 Å². The Labute approximate surface area is 79.7 Å². The van der Waals surface area contributed by atoms with Gasteiger partial charge in [0.25, 0.3) is 0 Å². The van der Waals surface area contributed by atoms with Crippen molar-refractivity contribution in [1.82, 2.24) is 0 Å². The first-order valence-corrected chi connectivity index (χ1v) is 9.04. The first kappa shape index (κ1) is 12.4. The molecule has 4 heteroatoms. The van der Waals surface area contributed by atoms with Crippen LogP contribution in [-0.2, 0) is 8.85 Å². The minimum Gasteiger partial charge on any atom is -0.423 e. The van der Waals surface area contributed by atoms with Crippen LogP contribution in [0.25, 0.3) is 0 Å². The third-order valence-electron chi connectivity index (χ3n) is 2.39. The fourth-order valence-electron chi connectivity index (χ4n) is 1.35. The van der Waals surface area contributed by atoms with Gasteiger partial charge in [-0.25, -0.2) is 0 Å². The summed E-state index contributed by atoms with van der Waals surface area (Å²) in [5.41, 5.74) is 0. The summed E-state index contributed by atoms with van der Waals surface area (Å²) in [6.07, 6.45) is 0. The largest absolute Gasteiger partial charge is 0.423 e. The molecule has 0 radical (unpaired) electrons. The molecule has 0 heterocycles. The Bertz CT molecular complexity index is 81.1. The summed E-state index contributed by atoms with van der Waals surface area (Å²) in [5.74, 6) is 0. The van der Waals surface area contributed by atoms with Crippen molar-refractivity contribution in [3.63, 3.8) is 0 Å². The summed E-state index contributed by atoms with van der Waals surface area (Å²) in [7, 11) is 2.07. The summed E-state index contributed by atoms with van der Waals surface area (Å²) in [4.78, 5) is 0. The molecule has 0 amide bonds. The first-order valence-electron chi connectivity index (χ1n) is 4.84. The van der Waals surface area contributed by atoms with Crippen molar-refractivity contribution in [1.29, 1.82) is 0 Å².